The molecule has 1 aliphatic heterocycles. The van der Waals surface area contributed by atoms with Crippen molar-refractivity contribution < 1.29 is 0 Å². The molecule has 6 nitrogen and oxygen atoms in total. The van der Waals surface area contributed by atoms with Crippen LogP contribution in [0.1, 0.15) is 30.7 Å². The molecule has 0 saturated carbocycles. The number of aromatic amines is 1. The van der Waals surface area contributed by atoms with Gasteiger partial charge in [-0.1, -0.05) is 19.9 Å². The fourth-order valence-corrected chi connectivity index (χ4v) is 3.34. The Kier molecular flexibility index (Phi) is 5.48. The van der Waals surface area contributed by atoms with Crippen molar-refractivity contribution in [2.45, 2.75) is 33.7 Å². The number of anilines is 1. The van der Waals surface area contributed by atoms with Crippen LogP contribution in [0.2, 0.25) is 0 Å². The van der Waals surface area contributed by atoms with Crippen molar-refractivity contribution in [3.63, 3.8) is 0 Å². The summed E-state index contributed by atoms with van der Waals surface area (Å²) in [7, 11) is 0. The number of rotatable bonds is 5. The van der Waals surface area contributed by atoms with Gasteiger partial charge in [0.25, 0.3) is 5.56 Å². The zero-order valence-electron chi connectivity index (χ0n) is 15.3. The standard InChI is InChI=1S/C19H27N5O/c1-14(2)11-17-16(5-4-6-20-17)13-23-7-9-24(10-8-23)18-12-21-22-19(25)15(18)3/h4-6,12,14H,7-11,13H2,1-3H3,(H,22,25). The molecule has 0 atom stereocenters. The van der Waals surface area contributed by atoms with Gasteiger partial charge in [-0.25, -0.2) is 5.10 Å². The van der Waals surface area contributed by atoms with Gasteiger partial charge in [0.15, 0.2) is 0 Å². The number of piperazine rings is 1. The van der Waals surface area contributed by atoms with E-state index >= 15 is 0 Å². The predicted octanol–water partition coefficient (Wildman–Crippen LogP) is 1.99. The molecule has 25 heavy (non-hydrogen) atoms. The minimum Gasteiger partial charge on any atom is -0.367 e. The van der Waals surface area contributed by atoms with Crippen LogP contribution in [-0.2, 0) is 13.0 Å². The summed E-state index contributed by atoms with van der Waals surface area (Å²) in [6.07, 6.45) is 4.67. The van der Waals surface area contributed by atoms with Crippen molar-refractivity contribution in [2.24, 2.45) is 5.92 Å². The third-order valence-corrected chi connectivity index (χ3v) is 4.77. The van der Waals surface area contributed by atoms with Crippen molar-refractivity contribution in [1.82, 2.24) is 20.1 Å². The summed E-state index contributed by atoms with van der Waals surface area (Å²) in [6.45, 7) is 11.0. The summed E-state index contributed by atoms with van der Waals surface area (Å²) in [5, 5.41) is 6.44. The van der Waals surface area contributed by atoms with Gasteiger partial charge in [-0.15, -0.1) is 0 Å². The average Bonchev–Trinajstić information content (AvgIpc) is 2.59. The Morgan fingerprint density at radius 2 is 2.00 bits per heavy atom. The van der Waals surface area contributed by atoms with E-state index < -0.39 is 0 Å². The number of nitrogens with one attached hydrogen (secondary N) is 1. The monoisotopic (exact) mass is 341 g/mol. The second-order valence-electron chi connectivity index (χ2n) is 7.18. The topological polar surface area (TPSA) is 65.1 Å². The normalized spacial score (nSPS) is 15.8. The van der Waals surface area contributed by atoms with Crippen LogP contribution < -0.4 is 10.5 Å². The highest BCUT2D eigenvalue weighted by molar-refractivity contribution is 5.50. The number of H-pyrrole nitrogens is 1. The summed E-state index contributed by atoms with van der Waals surface area (Å²) in [6, 6.07) is 4.22. The molecule has 1 aliphatic rings. The second kappa shape index (κ2) is 7.78. The van der Waals surface area contributed by atoms with Gasteiger partial charge in [0, 0.05) is 50.2 Å². The number of hydrogen-bond donors (Lipinski definition) is 1. The highest BCUT2D eigenvalue weighted by atomic mass is 16.1. The molecule has 0 radical (unpaired) electrons. The molecule has 3 heterocycles. The quantitative estimate of drug-likeness (QED) is 0.901. The van der Waals surface area contributed by atoms with Gasteiger partial charge in [-0.05, 0) is 30.9 Å². The van der Waals surface area contributed by atoms with Crippen LogP contribution in [-0.4, -0.2) is 46.3 Å². The van der Waals surface area contributed by atoms with E-state index in [2.05, 4.69) is 44.9 Å². The molecule has 0 aromatic carbocycles. The molecule has 1 N–H and O–H groups in total. The molecule has 0 unspecified atom stereocenters. The maximum Gasteiger partial charge on any atom is 0.269 e. The fourth-order valence-electron chi connectivity index (χ4n) is 3.34. The Morgan fingerprint density at radius 3 is 2.72 bits per heavy atom. The first-order valence-corrected chi connectivity index (χ1v) is 8.99. The largest absolute Gasteiger partial charge is 0.367 e. The van der Waals surface area contributed by atoms with Crippen LogP contribution in [0.4, 0.5) is 5.69 Å². The lowest BCUT2D eigenvalue weighted by atomic mass is 10.0. The Morgan fingerprint density at radius 1 is 1.24 bits per heavy atom. The zero-order chi connectivity index (χ0) is 17.8. The van der Waals surface area contributed by atoms with Crippen molar-refractivity contribution in [3.05, 3.63) is 51.7 Å². The Bertz CT molecular complexity index is 762. The minimum absolute atomic E-state index is 0.103. The van der Waals surface area contributed by atoms with Gasteiger partial charge in [-0.3, -0.25) is 14.7 Å². The molecule has 6 heteroatoms. The first-order chi connectivity index (χ1) is 12.0. The first kappa shape index (κ1) is 17.6. The number of aromatic nitrogens is 3. The highest BCUT2D eigenvalue weighted by Crippen LogP contribution is 2.19. The Balaban J connectivity index is 1.64. The van der Waals surface area contributed by atoms with E-state index in [-0.39, 0.29) is 5.56 Å². The van der Waals surface area contributed by atoms with Crippen LogP contribution in [0.3, 0.4) is 0 Å². The summed E-state index contributed by atoms with van der Waals surface area (Å²) < 4.78 is 0. The summed E-state index contributed by atoms with van der Waals surface area (Å²) >= 11 is 0. The van der Waals surface area contributed by atoms with E-state index in [0.29, 0.717) is 5.92 Å². The number of pyridine rings is 1. The van der Waals surface area contributed by atoms with Crippen molar-refractivity contribution in [2.75, 3.05) is 31.1 Å². The molecule has 134 valence electrons. The average molecular weight is 341 g/mol. The van der Waals surface area contributed by atoms with E-state index in [4.69, 9.17) is 0 Å². The van der Waals surface area contributed by atoms with Crippen LogP contribution in [0.5, 0.6) is 0 Å². The molecule has 2 aromatic rings. The van der Waals surface area contributed by atoms with Crippen molar-refractivity contribution in [3.8, 4) is 0 Å². The van der Waals surface area contributed by atoms with E-state index in [1.165, 1.54) is 11.3 Å². The number of hydrogen-bond acceptors (Lipinski definition) is 5. The van der Waals surface area contributed by atoms with Crippen molar-refractivity contribution in [1.29, 1.82) is 0 Å². The fraction of sp³-hybridized carbons (Fsp3) is 0.526. The molecule has 1 fully saturated rings. The second-order valence-corrected chi connectivity index (χ2v) is 7.18. The van der Waals surface area contributed by atoms with Crippen LogP contribution in [0.25, 0.3) is 0 Å². The summed E-state index contributed by atoms with van der Waals surface area (Å²) in [4.78, 5) is 21.1. The van der Waals surface area contributed by atoms with Crippen LogP contribution in [0.15, 0.2) is 29.3 Å². The maximum atomic E-state index is 11.8. The minimum atomic E-state index is -0.103. The highest BCUT2D eigenvalue weighted by Gasteiger charge is 2.20. The van der Waals surface area contributed by atoms with Gasteiger partial charge in [0.2, 0.25) is 0 Å². The van der Waals surface area contributed by atoms with E-state index in [0.717, 1.165) is 50.4 Å². The van der Waals surface area contributed by atoms with E-state index in [1.54, 1.807) is 6.20 Å². The van der Waals surface area contributed by atoms with Gasteiger partial charge in [-0.2, -0.15) is 5.10 Å². The zero-order valence-corrected chi connectivity index (χ0v) is 15.3. The molecule has 0 spiro atoms. The van der Waals surface area contributed by atoms with Crippen molar-refractivity contribution >= 4 is 5.69 Å². The van der Waals surface area contributed by atoms with E-state index in [1.807, 2.05) is 19.2 Å². The maximum absolute atomic E-state index is 11.8. The molecule has 2 aromatic heterocycles. The third-order valence-electron chi connectivity index (χ3n) is 4.77. The molecule has 0 amide bonds. The van der Waals surface area contributed by atoms with Gasteiger partial charge in [0.1, 0.15) is 0 Å². The predicted molar refractivity (Wildman–Crippen MR) is 99.9 cm³/mol. The molecular formula is C19H27N5O. The lowest BCUT2D eigenvalue weighted by Crippen LogP contribution is -2.46. The smallest absolute Gasteiger partial charge is 0.269 e. The lowest BCUT2D eigenvalue weighted by molar-refractivity contribution is 0.248. The number of nitrogens with zero attached hydrogens (tertiary/aromatic N) is 4. The summed E-state index contributed by atoms with van der Waals surface area (Å²) in [5.41, 5.74) is 4.14. The lowest BCUT2D eigenvalue weighted by Gasteiger charge is -2.36. The molecular weight excluding hydrogens is 314 g/mol. The summed E-state index contributed by atoms with van der Waals surface area (Å²) in [5.74, 6) is 0.608. The van der Waals surface area contributed by atoms with Gasteiger partial charge < -0.3 is 4.90 Å². The Hall–Kier alpha value is -2.21. The molecule has 0 aliphatic carbocycles. The van der Waals surface area contributed by atoms with E-state index in [9.17, 15) is 4.79 Å². The molecule has 1 saturated heterocycles. The van der Waals surface area contributed by atoms with Gasteiger partial charge in [0.05, 0.1) is 11.9 Å². The molecule has 3 rings (SSSR count). The van der Waals surface area contributed by atoms with Crippen LogP contribution >= 0.6 is 0 Å². The van der Waals surface area contributed by atoms with Crippen LogP contribution in [0, 0.1) is 12.8 Å². The third kappa shape index (κ3) is 4.25. The SMILES string of the molecule is Cc1c(N2CCN(Cc3cccnc3CC(C)C)CC2)cn[nH]c1=O. The first-order valence-electron chi connectivity index (χ1n) is 8.99. The Labute approximate surface area is 148 Å². The molecule has 0 bridgehead atoms. The van der Waals surface area contributed by atoms with Gasteiger partial charge >= 0.3 is 0 Å².